The molecule has 120 valence electrons. The molecule has 2 aromatic rings. The first-order chi connectivity index (χ1) is 11.0. The van der Waals surface area contributed by atoms with Crippen molar-refractivity contribution in [2.75, 3.05) is 7.11 Å². The first kappa shape index (κ1) is 14.9. The van der Waals surface area contributed by atoms with E-state index in [9.17, 15) is 25.0 Å². The second kappa shape index (κ2) is 5.34. The van der Waals surface area contributed by atoms with Crippen molar-refractivity contribution in [2.24, 2.45) is 5.92 Å². The van der Waals surface area contributed by atoms with Crippen LogP contribution in [-0.2, 0) is 16.0 Å². The van der Waals surface area contributed by atoms with Crippen LogP contribution in [0.2, 0.25) is 0 Å². The largest absolute Gasteiger partial charge is 0.468 e. The number of benzene rings is 1. The highest BCUT2D eigenvalue weighted by Crippen LogP contribution is 2.41. The van der Waals surface area contributed by atoms with Crippen molar-refractivity contribution in [1.82, 2.24) is 4.98 Å². The van der Waals surface area contributed by atoms with Crippen LogP contribution in [0.15, 0.2) is 24.3 Å². The average Bonchev–Trinajstić information content (AvgIpc) is 2.90. The van der Waals surface area contributed by atoms with E-state index >= 15 is 0 Å². The van der Waals surface area contributed by atoms with Crippen LogP contribution in [0, 0.1) is 26.1 Å². The van der Waals surface area contributed by atoms with E-state index in [0.29, 0.717) is 16.5 Å². The summed E-state index contributed by atoms with van der Waals surface area (Å²) in [5.41, 5.74) is 1.41. The third kappa shape index (κ3) is 2.20. The zero-order valence-electron chi connectivity index (χ0n) is 12.1. The molecule has 1 aliphatic carbocycles. The molecule has 1 aromatic carbocycles. The molecule has 0 aliphatic heterocycles. The minimum absolute atomic E-state index is 0.0591. The Kier molecular flexibility index (Phi) is 3.47. The molecule has 23 heavy (non-hydrogen) atoms. The summed E-state index contributed by atoms with van der Waals surface area (Å²) in [4.78, 5) is 36.6. The molecule has 3 unspecified atom stereocenters. The molecule has 0 spiro atoms. The minimum Gasteiger partial charge on any atom is -0.468 e. The number of carbonyl (C=O) groups excluding carboxylic acids is 1. The van der Waals surface area contributed by atoms with E-state index in [2.05, 4.69) is 9.72 Å². The number of aromatic nitrogens is 1. The van der Waals surface area contributed by atoms with Gasteiger partial charge in [-0.15, -0.1) is 0 Å². The van der Waals surface area contributed by atoms with Crippen LogP contribution in [0.1, 0.15) is 17.3 Å². The number of nitrogens with zero attached hydrogens (tertiary/aromatic N) is 2. The van der Waals surface area contributed by atoms with Crippen LogP contribution >= 0.6 is 0 Å². The smallest absolute Gasteiger partial charge is 0.323 e. The number of esters is 1. The van der Waals surface area contributed by atoms with Crippen molar-refractivity contribution in [3.8, 4) is 0 Å². The minimum atomic E-state index is -1.53. The van der Waals surface area contributed by atoms with E-state index in [4.69, 9.17) is 0 Å². The monoisotopic (exact) mass is 319 g/mol. The fraction of sp³-hybridized carbons (Fsp3) is 0.357. The van der Waals surface area contributed by atoms with E-state index < -0.39 is 33.8 Å². The van der Waals surface area contributed by atoms with E-state index in [1.165, 1.54) is 0 Å². The van der Waals surface area contributed by atoms with Gasteiger partial charge in [0.2, 0.25) is 6.04 Å². The lowest BCUT2D eigenvalue weighted by Crippen LogP contribution is -2.46. The summed E-state index contributed by atoms with van der Waals surface area (Å²) in [6.45, 7) is 0. The number of fused-ring (bicyclic) bond motifs is 3. The SMILES string of the molecule is COC(=O)C1C([N+](=O)[O-])Cc2c([nH]c3ccccc23)C1[N+](=O)[O-]. The van der Waals surface area contributed by atoms with Gasteiger partial charge in [0.25, 0.3) is 6.04 Å². The average molecular weight is 319 g/mol. The number of rotatable bonds is 3. The van der Waals surface area contributed by atoms with Crippen molar-refractivity contribution in [3.63, 3.8) is 0 Å². The van der Waals surface area contributed by atoms with Crippen LogP contribution < -0.4 is 0 Å². The quantitative estimate of drug-likeness (QED) is 0.518. The Morgan fingerprint density at radius 1 is 1.26 bits per heavy atom. The number of hydrogen-bond acceptors (Lipinski definition) is 6. The van der Waals surface area contributed by atoms with Crippen LogP contribution in [0.4, 0.5) is 0 Å². The van der Waals surface area contributed by atoms with Gasteiger partial charge in [-0.2, -0.15) is 0 Å². The third-order valence-corrected chi connectivity index (χ3v) is 4.28. The second-order valence-electron chi connectivity index (χ2n) is 5.40. The summed E-state index contributed by atoms with van der Waals surface area (Å²) in [7, 11) is 1.07. The fourth-order valence-electron chi connectivity index (χ4n) is 3.28. The number of nitrogens with one attached hydrogen (secondary N) is 1. The van der Waals surface area contributed by atoms with Crippen LogP contribution in [-0.4, -0.2) is 34.0 Å². The van der Waals surface area contributed by atoms with Gasteiger partial charge in [0, 0.05) is 27.2 Å². The van der Waals surface area contributed by atoms with Gasteiger partial charge in [0.05, 0.1) is 12.8 Å². The van der Waals surface area contributed by atoms with Gasteiger partial charge in [0.1, 0.15) is 0 Å². The van der Waals surface area contributed by atoms with Crippen molar-refractivity contribution in [3.05, 3.63) is 55.8 Å². The number of carbonyl (C=O) groups is 1. The first-order valence-corrected chi connectivity index (χ1v) is 6.90. The summed E-state index contributed by atoms with van der Waals surface area (Å²) in [6.07, 6.45) is -0.0591. The van der Waals surface area contributed by atoms with Gasteiger partial charge >= 0.3 is 5.97 Å². The van der Waals surface area contributed by atoms with Crippen molar-refractivity contribution < 1.29 is 19.4 Å². The molecule has 0 saturated heterocycles. The molecule has 1 aliphatic rings. The van der Waals surface area contributed by atoms with Crippen LogP contribution in [0.3, 0.4) is 0 Å². The van der Waals surface area contributed by atoms with E-state index in [-0.39, 0.29) is 12.1 Å². The molecule has 1 aromatic heterocycles. The number of nitro groups is 2. The molecule has 0 radical (unpaired) electrons. The fourth-order valence-corrected chi connectivity index (χ4v) is 3.28. The Bertz CT molecular complexity index is 814. The number of hydrogen-bond donors (Lipinski definition) is 1. The summed E-state index contributed by atoms with van der Waals surface area (Å²) in [5.74, 6) is -2.41. The molecule has 0 fully saturated rings. The molecule has 3 rings (SSSR count). The maximum absolute atomic E-state index is 12.0. The lowest BCUT2D eigenvalue weighted by molar-refractivity contribution is -0.579. The molecule has 9 heteroatoms. The topological polar surface area (TPSA) is 128 Å². The number of aromatic amines is 1. The van der Waals surface area contributed by atoms with Crippen molar-refractivity contribution >= 4 is 16.9 Å². The van der Waals surface area contributed by atoms with Gasteiger partial charge in [-0.05, 0) is 11.6 Å². The number of ether oxygens (including phenoxy) is 1. The van der Waals surface area contributed by atoms with E-state index in [1.54, 1.807) is 24.3 Å². The number of methoxy groups -OCH3 is 1. The Morgan fingerprint density at radius 2 is 1.96 bits per heavy atom. The Balaban J connectivity index is 2.25. The van der Waals surface area contributed by atoms with Crippen LogP contribution in [0.25, 0.3) is 10.9 Å². The molecular formula is C14H13N3O6. The lowest BCUT2D eigenvalue weighted by Gasteiger charge is -2.26. The van der Waals surface area contributed by atoms with Crippen LogP contribution in [0.5, 0.6) is 0 Å². The maximum Gasteiger partial charge on any atom is 0.323 e. The highest BCUT2D eigenvalue weighted by atomic mass is 16.6. The Morgan fingerprint density at radius 3 is 2.57 bits per heavy atom. The van der Waals surface area contributed by atoms with Crippen molar-refractivity contribution in [1.29, 1.82) is 0 Å². The molecule has 0 saturated carbocycles. The van der Waals surface area contributed by atoms with Gasteiger partial charge < -0.3 is 9.72 Å². The number of para-hydroxylation sites is 1. The van der Waals surface area contributed by atoms with Gasteiger partial charge in [0.15, 0.2) is 5.92 Å². The normalized spacial score (nSPS) is 23.3. The zero-order chi connectivity index (χ0) is 16.7. The second-order valence-corrected chi connectivity index (χ2v) is 5.40. The predicted octanol–water partition coefficient (Wildman–Crippen LogP) is 1.48. The molecule has 3 atom stereocenters. The maximum atomic E-state index is 12.0. The number of H-pyrrole nitrogens is 1. The summed E-state index contributed by atoms with van der Waals surface area (Å²) in [6, 6.07) is 4.06. The molecule has 0 amide bonds. The lowest BCUT2D eigenvalue weighted by atomic mass is 9.79. The highest BCUT2D eigenvalue weighted by molar-refractivity contribution is 5.86. The zero-order valence-corrected chi connectivity index (χ0v) is 12.1. The molecular weight excluding hydrogens is 306 g/mol. The summed E-state index contributed by atoms with van der Waals surface area (Å²) >= 11 is 0. The molecule has 1 N–H and O–H groups in total. The third-order valence-electron chi connectivity index (χ3n) is 4.28. The van der Waals surface area contributed by atoms with Crippen molar-refractivity contribution in [2.45, 2.75) is 18.5 Å². The summed E-state index contributed by atoms with van der Waals surface area (Å²) < 4.78 is 4.58. The summed E-state index contributed by atoms with van der Waals surface area (Å²) in [5, 5.41) is 23.6. The molecule has 1 heterocycles. The van der Waals surface area contributed by atoms with E-state index in [0.717, 1.165) is 7.11 Å². The molecule has 9 nitrogen and oxygen atoms in total. The highest BCUT2D eigenvalue weighted by Gasteiger charge is 2.56. The van der Waals surface area contributed by atoms with E-state index in [1.807, 2.05) is 0 Å². The molecule has 0 bridgehead atoms. The van der Waals surface area contributed by atoms with Gasteiger partial charge in [-0.25, -0.2) is 0 Å². The standard InChI is InChI=1S/C14H13N3O6/c1-23-14(18)11-10(16(19)20)6-8-7-4-2-3-5-9(7)15-12(8)13(11)17(21)22/h2-5,10-11,13,15H,6H2,1H3. The predicted molar refractivity (Wildman–Crippen MR) is 78.0 cm³/mol. The Labute approximate surface area is 129 Å². The van der Waals surface area contributed by atoms with Gasteiger partial charge in [-0.1, -0.05) is 18.2 Å². The Hall–Kier alpha value is -2.97. The first-order valence-electron chi connectivity index (χ1n) is 6.90. The van der Waals surface area contributed by atoms with Gasteiger partial charge in [-0.3, -0.25) is 25.0 Å².